The minimum absolute atomic E-state index is 0.131. The molecule has 0 aliphatic carbocycles. The zero-order valence-electron chi connectivity index (χ0n) is 12.4. The summed E-state index contributed by atoms with van der Waals surface area (Å²) in [6.45, 7) is 2.22. The molecule has 0 saturated carbocycles. The molecule has 0 aromatic heterocycles. The third-order valence-corrected chi connectivity index (χ3v) is 3.77. The highest BCUT2D eigenvalue weighted by atomic mass is 16.6. The number of rotatable bonds is 4. The number of hydrogen-bond donors (Lipinski definition) is 0. The van der Waals surface area contributed by atoms with Gasteiger partial charge in [-0.15, -0.1) is 0 Å². The van der Waals surface area contributed by atoms with Crippen LogP contribution in [0.2, 0.25) is 0 Å². The molecule has 118 valence electrons. The second-order valence-electron chi connectivity index (χ2n) is 5.28. The molecule has 1 aromatic carbocycles. The lowest BCUT2D eigenvalue weighted by Gasteiger charge is -2.33. The van der Waals surface area contributed by atoms with Gasteiger partial charge in [0, 0.05) is 18.7 Å². The first kappa shape index (κ1) is 15.9. The van der Waals surface area contributed by atoms with Crippen LogP contribution in [0.3, 0.4) is 0 Å². The Labute approximate surface area is 128 Å². The van der Waals surface area contributed by atoms with Crippen molar-refractivity contribution in [1.82, 2.24) is 4.90 Å². The largest absolute Gasteiger partial charge is 0.452 e. The van der Waals surface area contributed by atoms with Crippen molar-refractivity contribution in [3.05, 3.63) is 39.9 Å². The van der Waals surface area contributed by atoms with E-state index >= 15 is 0 Å². The number of piperidine rings is 1. The first-order valence-electron chi connectivity index (χ1n) is 7.20. The predicted molar refractivity (Wildman–Crippen MR) is 78.4 cm³/mol. The zero-order chi connectivity index (χ0) is 16.1. The Morgan fingerprint density at radius 3 is 2.77 bits per heavy atom. The van der Waals surface area contributed by atoms with E-state index in [2.05, 4.69) is 0 Å². The molecule has 1 heterocycles. The van der Waals surface area contributed by atoms with Gasteiger partial charge >= 0.3 is 5.97 Å². The molecule has 1 aliphatic rings. The molecule has 7 heteroatoms. The Balaban J connectivity index is 1.98. The molecule has 0 N–H and O–H groups in total. The van der Waals surface area contributed by atoms with E-state index in [1.54, 1.807) is 4.90 Å². The molecule has 7 nitrogen and oxygen atoms in total. The Kier molecular flexibility index (Phi) is 5.08. The van der Waals surface area contributed by atoms with Crippen molar-refractivity contribution in [2.75, 3.05) is 13.2 Å². The Hall–Kier alpha value is -2.44. The van der Waals surface area contributed by atoms with Crippen molar-refractivity contribution in [2.45, 2.75) is 32.2 Å². The fourth-order valence-corrected chi connectivity index (χ4v) is 2.56. The molecule has 0 bridgehead atoms. The molecule has 1 aromatic rings. The fraction of sp³-hybridized carbons (Fsp3) is 0.467. The first-order chi connectivity index (χ1) is 10.5. The van der Waals surface area contributed by atoms with Gasteiger partial charge in [0.05, 0.1) is 4.92 Å². The van der Waals surface area contributed by atoms with Gasteiger partial charge in [-0.25, -0.2) is 4.79 Å². The maximum atomic E-state index is 12.1. The molecular formula is C15H18N2O5. The van der Waals surface area contributed by atoms with Gasteiger partial charge in [0.1, 0.15) is 5.56 Å². The van der Waals surface area contributed by atoms with Gasteiger partial charge in [-0.05, 0) is 32.3 Å². The summed E-state index contributed by atoms with van der Waals surface area (Å²) in [5, 5.41) is 10.9. The molecule has 1 atom stereocenters. The summed E-state index contributed by atoms with van der Waals surface area (Å²) < 4.78 is 4.95. The van der Waals surface area contributed by atoms with Crippen molar-refractivity contribution in [3.8, 4) is 0 Å². The van der Waals surface area contributed by atoms with Crippen molar-refractivity contribution >= 4 is 17.6 Å². The van der Waals surface area contributed by atoms with E-state index in [9.17, 15) is 19.7 Å². The maximum Gasteiger partial charge on any atom is 0.345 e. The standard InChI is InChI=1S/C15H18N2O5/c1-11-6-4-5-9-16(11)14(18)10-22-15(19)12-7-2-3-8-13(12)17(20)21/h2-3,7-8,11H,4-6,9-10H2,1H3/t11-/m0/s1. The predicted octanol–water partition coefficient (Wildman–Crippen LogP) is 2.15. The maximum absolute atomic E-state index is 12.1. The second kappa shape index (κ2) is 7.02. The highest BCUT2D eigenvalue weighted by Crippen LogP contribution is 2.19. The Morgan fingerprint density at radius 2 is 2.09 bits per heavy atom. The summed E-state index contributed by atoms with van der Waals surface area (Å²) in [4.78, 5) is 35.9. The molecular weight excluding hydrogens is 288 g/mol. The summed E-state index contributed by atoms with van der Waals surface area (Å²) >= 11 is 0. The number of carbonyl (C=O) groups is 2. The minimum atomic E-state index is -0.856. The average molecular weight is 306 g/mol. The van der Waals surface area contributed by atoms with E-state index in [-0.39, 0.29) is 23.2 Å². The number of esters is 1. The molecule has 2 rings (SSSR count). The van der Waals surface area contributed by atoms with Crippen LogP contribution in [-0.2, 0) is 9.53 Å². The minimum Gasteiger partial charge on any atom is -0.452 e. The van der Waals surface area contributed by atoms with Gasteiger partial charge in [-0.2, -0.15) is 0 Å². The first-order valence-corrected chi connectivity index (χ1v) is 7.20. The summed E-state index contributed by atoms with van der Waals surface area (Å²) in [5.41, 5.74) is -0.474. The van der Waals surface area contributed by atoms with E-state index in [4.69, 9.17) is 4.74 Å². The number of nitrogens with zero attached hydrogens (tertiary/aromatic N) is 2. The molecule has 1 saturated heterocycles. The topological polar surface area (TPSA) is 89.8 Å². The number of carbonyl (C=O) groups excluding carboxylic acids is 2. The lowest BCUT2D eigenvalue weighted by atomic mass is 10.0. The summed E-state index contributed by atoms with van der Waals surface area (Å²) in [7, 11) is 0. The molecule has 0 unspecified atom stereocenters. The van der Waals surface area contributed by atoms with Crippen LogP contribution in [-0.4, -0.2) is 40.9 Å². The lowest BCUT2D eigenvalue weighted by molar-refractivity contribution is -0.385. The summed E-state index contributed by atoms with van der Waals surface area (Å²) in [5.74, 6) is -1.12. The van der Waals surface area contributed by atoms with Gasteiger partial charge < -0.3 is 9.64 Å². The third kappa shape index (κ3) is 3.60. The molecule has 0 radical (unpaired) electrons. The fourth-order valence-electron chi connectivity index (χ4n) is 2.56. The van der Waals surface area contributed by atoms with Gasteiger partial charge in [-0.3, -0.25) is 14.9 Å². The number of hydrogen-bond acceptors (Lipinski definition) is 5. The van der Waals surface area contributed by atoms with Crippen LogP contribution in [0.25, 0.3) is 0 Å². The van der Waals surface area contributed by atoms with E-state index in [0.717, 1.165) is 19.3 Å². The molecule has 22 heavy (non-hydrogen) atoms. The third-order valence-electron chi connectivity index (χ3n) is 3.77. The van der Waals surface area contributed by atoms with Gasteiger partial charge in [0.2, 0.25) is 0 Å². The van der Waals surface area contributed by atoms with E-state index in [0.29, 0.717) is 6.54 Å². The van der Waals surface area contributed by atoms with Crippen LogP contribution in [0.5, 0.6) is 0 Å². The van der Waals surface area contributed by atoms with E-state index < -0.39 is 17.5 Å². The lowest BCUT2D eigenvalue weighted by Crippen LogP contribution is -2.44. The number of amides is 1. The number of benzene rings is 1. The van der Waals surface area contributed by atoms with Crippen molar-refractivity contribution < 1.29 is 19.2 Å². The monoisotopic (exact) mass is 306 g/mol. The van der Waals surface area contributed by atoms with Crippen LogP contribution in [0.1, 0.15) is 36.5 Å². The van der Waals surface area contributed by atoms with E-state index in [1.165, 1.54) is 24.3 Å². The van der Waals surface area contributed by atoms with Crippen LogP contribution < -0.4 is 0 Å². The molecule has 0 spiro atoms. The number of ether oxygens (including phenoxy) is 1. The van der Waals surface area contributed by atoms with Crippen molar-refractivity contribution in [3.63, 3.8) is 0 Å². The number of likely N-dealkylation sites (tertiary alicyclic amines) is 1. The van der Waals surface area contributed by atoms with Crippen molar-refractivity contribution in [1.29, 1.82) is 0 Å². The van der Waals surface area contributed by atoms with Crippen LogP contribution in [0.4, 0.5) is 5.69 Å². The quantitative estimate of drug-likeness (QED) is 0.483. The zero-order valence-corrected chi connectivity index (χ0v) is 12.4. The van der Waals surface area contributed by atoms with Crippen molar-refractivity contribution in [2.24, 2.45) is 0 Å². The van der Waals surface area contributed by atoms with Crippen LogP contribution in [0.15, 0.2) is 24.3 Å². The molecule has 1 fully saturated rings. The molecule has 1 aliphatic heterocycles. The van der Waals surface area contributed by atoms with Crippen LogP contribution in [0, 0.1) is 10.1 Å². The second-order valence-corrected chi connectivity index (χ2v) is 5.28. The molecule has 1 amide bonds. The highest BCUT2D eigenvalue weighted by molar-refractivity contribution is 5.95. The SMILES string of the molecule is C[C@H]1CCCCN1C(=O)COC(=O)c1ccccc1[N+](=O)[O-]. The smallest absolute Gasteiger partial charge is 0.345 e. The summed E-state index contributed by atoms with van der Waals surface area (Å²) in [6, 6.07) is 5.65. The van der Waals surface area contributed by atoms with Gasteiger partial charge in [0.25, 0.3) is 11.6 Å². The van der Waals surface area contributed by atoms with Gasteiger partial charge in [0.15, 0.2) is 6.61 Å². The van der Waals surface area contributed by atoms with Crippen LogP contribution >= 0.6 is 0 Å². The van der Waals surface area contributed by atoms with Gasteiger partial charge in [-0.1, -0.05) is 12.1 Å². The normalized spacial score (nSPS) is 17.9. The highest BCUT2D eigenvalue weighted by Gasteiger charge is 2.25. The Bertz CT molecular complexity index is 587. The number of para-hydroxylation sites is 1. The number of nitro groups is 1. The number of nitro benzene ring substituents is 1. The average Bonchev–Trinajstić information content (AvgIpc) is 2.52. The van der Waals surface area contributed by atoms with E-state index in [1.807, 2.05) is 6.92 Å². The Morgan fingerprint density at radius 1 is 1.36 bits per heavy atom. The summed E-state index contributed by atoms with van der Waals surface area (Å²) in [6.07, 6.45) is 2.96.